The first-order valence-electron chi connectivity index (χ1n) is 7.74. The van der Waals surface area contributed by atoms with Gasteiger partial charge in [0.05, 0.1) is 6.61 Å². The normalized spacial score (nSPS) is 10.7. The molecule has 0 radical (unpaired) electrons. The van der Waals surface area contributed by atoms with Crippen molar-refractivity contribution < 1.29 is 13.9 Å². The Bertz CT molecular complexity index is 911. The predicted octanol–water partition coefficient (Wildman–Crippen LogP) is 4.21. The summed E-state index contributed by atoms with van der Waals surface area (Å²) < 4.78 is 20.0. The highest BCUT2D eigenvalue weighted by Crippen LogP contribution is 2.24. The number of carbonyl (C=O) groups excluding carboxylic acids is 1. The maximum atomic E-state index is 13.5. The van der Waals surface area contributed by atoms with E-state index < -0.39 is 11.7 Å². The van der Waals surface area contributed by atoms with Gasteiger partial charge >= 0.3 is 6.01 Å². The molecule has 1 aromatic heterocycles. The van der Waals surface area contributed by atoms with E-state index in [0.29, 0.717) is 17.2 Å². The number of benzene rings is 2. The summed E-state index contributed by atoms with van der Waals surface area (Å²) in [5, 5.41) is 4.63. The van der Waals surface area contributed by atoms with Gasteiger partial charge in [-0.15, -0.1) is 5.10 Å². The van der Waals surface area contributed by atoms with Gasteiger partial charge in [-0.1, -0.05) is 36.7 Å². The molecule has 0 fully saturated rings. The van der Waals surface area contributed by atoms with Crippen LogP contribution in [-0.2, 0) is 0 Å². The fraction of sp³-hybridized carbons (Fsp3) is 0.167. The van der Waals surface area contributed by atoms with E-state index in [1.54, 1.807) is 24.3 Å². The van der Waals surface area contributed by atoms with Crippen LogP contribution in [0.25, 0.3) is 11.4 Å². The highest BCUT2D eigenvalue weighted by atomic mass is 35.5. The van der Waals surface area contributed by atoms with E-state index in [0.717, 1.165) is 17.2 Å². The SMILES string of the molecule is CCCOc1nc(-c2cccc(Cl)c2)n(C(=O)c2cccc(F)c2)n1. The summed E-state index contributed by atoms with van der Waals surface area (Å²) in [6.45, 7) is 2.37. The Morgan fingerprint density at radius 3 is 2.76 bits per heavy atom. The van der Waals surface area contributed by atoms with Crippen molar-refractivity contribution in [1.82, 2.24) is 14.8 Å². The van der Waals surface area contributed by atoms with Gasteiger partial charge in [-0.3, -0.25) is 4.79 Å². The molecule has 0 atom stereocenters. The lowest BCUT2D eigenvalue weighted by atomic mass is 10.2. The predicted molar refractivity (Wildman–Crippen MR) is 92.4 cm³/mol. The third-order valence-corrected chi connectivity index (χ3v) is 3.60. The highest BCUT2D eigenvalue weighted by Gasteiger charge is 2.20. The Morgan fingerprint density at radius 1 is 1.24 bits per heavy atom. The van der Waals surface area contributed by atoms with Gasteiger partial charge < -0.3 is 4.74 Å². The molecule has 1 heterocycles. The number of carbonyl (C=O) groups is 1. The Morgan fingerprint density at radius 2 is 2.04 bits per heavy atom. The van der Waals surface area contributed by atoms with E-state index >= 15 is 0 Å². The van der Waals surface area contributed by atoms with Crippen LogP contribution in [0.5, 0.6) is 6.01 Å². The van der Waals surface area contributed by atoms with Crippen LogP contribution < -0.4 is 4.74 Å². The topological polar surface area (TPSA) is 57.0 Å². The molecular weight excluding hydrogens is 345 g/mol. The maximum absolute atomic E-state index is 13.5. The maximum Gasteiger partial charge on any atom is 0.336 e. The lowest BCUT2D eigenvalue weighted by molar-refractivity contribution is 0.0944. The third kappa shape index (κ3) is 3.85. The van der Waals surface area contributed by atoms with Crippen LogP contribution in [0.1, 0.15) is 23.7 Å². The third-order valence-electron chi connectivity index (χ3n) is 3.37. The van der Waals surface area contributed by atoms with Gasteiger partial charge in [-0.2, -0.15) is 9.67 Å². The highest BCUT2D eigenvalue weighted by molar-refractivity contribution is 6.30. The van der Waals surface area contributed by atoms with Gasteiger partial charge in [0.2, 0.25) is 0 Å². The van der Waals surface area contributed by atoms with Crippen molar-refractivity contribution >= 4 is 17.5 Å². The second-order valence-corrected chi connectivity index (χ2v) is 5.74. The molecule has 2 aromatic carbocycles. The molecule has 0 aliphatic heterocycles. The number of halogens is 2. The Balaban J connectivity index is 2.07. The minimum atomic E-state index is -0.506. The summed E-state index contributed by atoms with van der Waals surface area (Å²) in [7, 11) is 0. The lowest BCUT2D eigenvalue weighted by Crippen LogP contribution is -2.15. The molecule has 0 saturated heterocycles. The molecule has 0 N–H and O–H groups in total. The van der Waals surface area contributed by atoms with Crippen molar-refractivity contribution in [3.05, 3.63) is 64.9 Å². The molecule has 3 aromatic rings. The number of rotatable bonds is 5. The van der Waals surface area contributed by atoms with Crippen LogP contribution in [0, 0.1) is 5.82 Å². The molecule has 7 heteroatoms. The Hall–Kier alpha value is -2.73. The van der Waals surface area contributed by atoms with Gasteiger partial charge in [0, 0.05) is 16.1 Å². The fourth-order valence-corrected chi connectivity index (χ4v) is 2.44. The van der Waals surface area contributed by atoms with Crippen LogP contribution in [0.15, 0.2) is 48.5 Å². The molecule has 25 heavy (non-hydrogen) atoms. The molecule has 0 aliphatic carbocycles. The molecule has 5 nitrogen and oxygen atoms in total. The molecular formula is C18H15ClFN3O2. The van der Waals surface area contributed by atoms with E-state index in [1.807, 2.05) is 6.92 Å². The average Bonchev–Trinajstić information content (AvgIpc) is 3.03. The first-order chi connectivity index (χ1) is 12.1. The fourth-order valence-electron chi connectivity index (χ4n) is 2.25. The minimum absolute atomic E-state index is 0.0848. The standard InChI is InChI=1S/C18H15ClFN3O2/c1-2-9-25-18-21-16(12-5-3-7-14(19)10-12)23(22-18)17(24)13-6-4-8-15(20)11-13/h3-8,10-11H,2,9H2,1H3. The molecule has 0 saturated carbocycles. The largest absolute Gasteiger partial charge is 0.462 e. The first-order valence-corrected chi connectivity index (χ1v) is 8.12. The molecule has 0 unspecified atom stereocenters. The molecule has 0 spiro atoms. The summed E-state index contributed by atoms with van der Waals surface area (Å²) in [4.78, 5) is 17.1. The van der Waals surface area contributed by atoms with Gasteiger partial charge in [0.15, 0.2) is 5.82 Å². The van der Waals surface area contributed by atoms with E-state index in [9.17, 15) is 9.18 Å². The molecule has 0 bridgehead atoms. The van der Waals surface area contributed by atoms with Crippen LogP contribution in [0.3, 0.4) is 0 Å². The number of aromatic nitrogens is 3. The second-order valence-electron chi connectivity index (χ2n) is 5.30. The second kappa shape index (κ2) is 7.44. The number of nitrogens with zero attached hydrogens (tertiary/aromatic N) is 3. The van der Waals surface area contributed by atoms with Crippen molar-refractivity contribution in [2.45, 2.75) is 13.3 Å². The van der Waals surface area contributed by atoms with Crippen LogP contribution in [-0.4, -0.2) is 27.3 Å². The number of hydrogen-bond acceptors (Lipinski definition) is 4. The van der Waals surface area contributed by atoms with Gasteiger partial charge in [-0.05, 0) is 36.8 Å². The van der Waals surface area contributed by atoms with Gasteiger partial charge in [0.25, 0.3) is 5.91 Å². The van der Waals surface area contributed by atoms with Crippen molar-refractivity contribution in [2.75, 3.05) is 6.61 Å². The Labute approximate surface area is 149 Å². The van der Waals surface area contributed by atoms with E-state index in [1.165, 1.54) is 18.2 Å². The van der Waals surface area contributed by atoms with Crippen LogP contribution in [0.4, 0.5) is 4.39 Å². The number of hydrogen-bond donors (Lipinski definition) is 0. The lowest BCUT2D eigenvalue weighted by Gasteiger charge is -2.05. The smallest absolute Gasteiger partial charge is 0.336 e. The van der Waals surface area contributed by atoms with E-state index in [4.69, 9.17) is 16.3 Å². The first kappa shape index (κ1) is 17.1. The minimum Gasteiger partial charge on any atom is -0.462 e. The number of ether oxygens (including phenoxy) is 1. The monoisotopic (exact) mass is 359 g/mol. The quantitative estimate of drug-likeness (QED) is 0.684. The van der Waals surface area contributed by atoms with Crippen molar-refractivity contribution in [3.63, 3.8) is 0 Å². The summed E-state index contributed by atoms with van der Waals surface area (Å²) >= 11 is 6.03. The Kier molecular flexibility index (Phi) is 5.09. The summed E-state index contributed by atoms with van der Waals surface area (Å²) in [6.07, 6.45) is 0.777. The van der Waals surface area contributed by atoms with Crippen molar-refractivity contribution in [3.8, 4) is 17.4 Å². The van der Waals surface area contributed by atoms with Crippen LogP contribution >= 0.6 is 11.6 Å². The average molecular weight is 360 g/mol. The zero-order valence-electron chi connectivity index (χ0n) is 13.4. The summed E-state index contributed by atoms with van der Waals surface area (Å²) in [5.41, 5.74) is 0.770. The van der Waals surface area contributed by atoms with Crippen LogP contribution in [0.2, 0.25) is 5.02 Å². The van der Waals surface area contributed by atoms with Crippen molar-refractivity contribution in [1.29, 1.82) is 0 Å². The molecule has 0 aliphatic rings. The zero-order chi connectivity index (χ0) is 17.8. The van der Waals surface area contributed by atoms with E-state index in [-0.39, 0.29) is 17.4 Å². The van der Waals surface area contributed by atoms with Gasteiger partial charge in [-0.25, -0.2) is 4.39 Å². The van der Waals surface area contributed by atoms with E-state index in [2.05, 4.69) is 10.1 Å². The zero-order valence-corrected chi connectivity index (χ0v) is 14.2. The molecule has 0 amide bonds. The summed E-state index contributed by atoms with van der Waals surface area (Å²) in [5.74, 6) is -0.728. The molecule has 3 rings (SSSR count). The summed E-state index contributed by atoms with van der Waals surface area (Å²) in [6, 6.07) is 12.4. The van der Waals surface area contributed by atoms with Crippen molar-refractivity contribution in [2.24, 2.45) is 0 Å². The van der Waals surface area contributed by atoms with Gasteiger partial charge in [0.1, 0.15) is 5.82 Å². The molecule has 128 valence electrons.